The molecule has 0 saturated heterocycles. The zero-order valence-electron chi connectivity index (χ0n) is 17.7. The molecule has 0 radical (unpaired) electrons. The molecule has 2 rings (SSSR count). The quantitative estimate of drug-likeness (QED) is 0.529. The molecule has 0 heterocycles. The lowest BCUT2D eigenvalue weighted by atomic mass is 9.87. The summed E-state index contributed by atoms with van der Waals surface area (Å²) in [6.07, 6.45) is 4.22. The molecule has 0 aliphatic carbocycles. The smallest absolute Gasteiger partial charge is 0.319 e. The van der Waals surface area contributed by atoms with E-state index in [4.69, 9.17) is 4.74 Å². The molecule has 0 bridgehead atoms. The zero-order chi connectivity index (χ0) is 20.4. The maximum absolute atomic E-state index is 12.0. The minimum Gasteiger partial charge on any atom is -0.494 e. The Morgan fingerprint density at radius 3 is 2.25 bits per heavy atom. The fourth-order valence-corrected chi connectivity index (χ4v) is 2.83. The summed E-state index contributed by atoms with van der Waals surface area (Å²) in [5.74, 6) is 0.862. The van der Waals surface area contributed by atoms with Crippen LogP contribution in [0, 0.1) is 0 Å². The number of hydrogen-bond donors (Lipinski definition) is 2. The van der Waals surface area contributed by atoms with Crippen LogP contribution < -0.4 is 15.4 Å². The second-order valence-electron chi connectivity index (χ2n) is 8.16. The highest BCUT2D eigenvalue weighted by atomic mass is 16.5. The molecule has 0 spiro atoms. The SMILES string of the molecule is CCCCc1ccc(NC(=O)NCCCOc2ccc(C(C)(C)C)cc2)cc1. The molecular formula is C24H34N2O2. The molecular weight excluding hydrogens is 348 g/mol. The van der Waals surface area contributed by atoms with Gasteiger partial charge in [0, 0.05) is 12.2 Å². The molecule has 4 heteroatoms. The number of anilines is 1. The van der Waals surface area contributed by atoms with Gasteiger partial charge in [-0.15, -0.1) is 0 Å². The summed E-state index contributed by atoms with van der Waals surface area (Å²) in [7, 11) is 0. The third-order valence-electron chi connectivity index (χ3n) is 4.63. The van der Waals surface area contributed by atoms with Gasteiger partial charge in [-0.3, -0.25) is 0 Å². The van der Waals surface area contributed by atoms with E-state index in [0.717, 1.165) is 24.3 Å². The summed E-state index contributed by atoms with van der Waals surface area (Å²) < 4.78 is 5.75. The van der Waals surface area contributed by atoms with Crippen molar-refractivity contribution in [3.8, 4) is 5.75 Å². The van der Waals surface area contributed by atoms with Crippen molar-refractivity contribution in [2.75, 3.05) is 18.5 Å². The van der Waals surface area contributed by atoms with Gasteiger partial charge in [-0.2, -0.15) is 0 Å². The first-order valence-electron chi connectivity index (χ1n) is 10.3. The normalized spacial score (nSPS) is 11.1. The van der Waals surface area contributed by atoms with Crippen LogP contribution in [0.25, 0.3) is 0 Å². The van der Waals surface area contributed by atoms with Crippen LogP contribution in [-0.2, 0) is 11.8 Å². The van der Waals surface area contributed by atoms with E-state index in [-0.39, 0.29) is 11.4 Å². The van der Waals surface area contributed by atoms with Gasteiger partial charge in [0.05, 0.1) is 6.61 Å². The second-order valence-corrected chi connectivity index (χ2v) is 8.16. The second kappa shape index (κ2) is 10.7. The Kier molecular flexibility index (Phi) is 8.37. The maximum Gasteiger partial charge on any atom is 0.319 e. The number of unbranched alkanes of at least 4 members (excludes halogenated alkanes) is 1. The van der Waals surface area contributed by atoms with Crippen LogP contribution in [0.2, 0.25) is 0 Å². The van der Waals surface area contributed by atoms with Gasteiger partial charge in [-0.25, -0.2) is 4.79 Å². The van der Waals surface area contributed by atoms with E-state index in [1.165, 1.54) is 24.0 Å². The first kappa shape index (κ1) is 21.8. The molecule has 0 fully saturated rings. The van der Waals surface area contributed by atoms with E-state index in [2.05, 4.69) is 62.6 Å². The highest BCUT2D eigenvalue weighted by Crippen LogP contribution is 2.24. The summed E-state index contributed by atoms with van der Waals surface area (Å²) in [6.45, 7) is 9.91. The number of urea groups is 1. The lowest BCUT2D eigenvalue weighted by molar-refractivity contribution is 0.250. The molecule has 0 atom stereocenters. The Balaban J connectivity index is 1.63. The van der Waals surface area contributed by atoms with Gasteiger partial charge in [0.1, 0.15) is 5.75 Å². The van der Waals surface area contributed by atoms with E-state index < -0.39 is 0 Å². The number of aryl methyl sites for hydroxylation is 1. The first-order valence-corrected chi connectivity index (χ1v) is 10.3. The Hall–Kier alpha value is -2.49. The number of rotatable bonds is 9. The Bertz CT molecular complexity index is 716. The van der Waals surface area contributed by atoms with Crippen molar-refractivity contribution < 1.29 is 9.53 Å². The molecule has 2 N–H and O–H groups in total. The van der Waals surface area contributed by atoms with Gasteiger partial charge in [0.25, 0.3) is 0 Å². The molecule has 0 aliphatic heterocycles. The van der Waals surface area contributed by atoms with Crippen LogP contribution in [0.5, 0.6) is 5.75 Å². The van der Waals surface area contributed by atoms with Crippen molar-refractivity contribution in [1.29, 1.82) is 0 Å². The van der Waals surface area contributed by atoms with E-state index in [1.807, 2.05) is 24.3 Å². The third-order valence-corrected chi connectivity index (χ3v) is 4.63. The van der Waals surface area contributed by atoms with E-state index in [0.29, 0.717) is 13.2 Å². The number of amides is 2. The van der Waals surface area contributed by atoms with Crippen LogP contribution >= 0.6 is 0 Å². The number of carbonyl (C=O) groups excluding carboxylic acids is 1. The number of ether oxygens (including phenoxy) is 1. The molecule has 0 saturated carbocycles. The molecule has 152 valence electrons. The number of hydrogen-bond acceptors (Lipinski definition) is 2. The van der Waals surface area contributed by atoms with Crippen molar-refractivity contribution in [3.05, 3.63) is 59.7 Å². The third kappa shape index (κ3) is 7.63. The molecule has 2 aromatic carbocycles. The molecule has 0 aromatic heterocycles. The van der Waals surface area contributed by atoms with Crippen molar-refractivity contribution in [2.24, 2.45) is 0 Å². The predicted octanol–water partition coefficient (Wildman–Crippen LogP) is 5.92. The molecule has 28 heavy (non-hydrogen) atoms. The monoisotopic (exact) mass is 382 g/mol. The topological polar surface area (TPSA) is 50.4 Å². The highest BCUT2D eigenvalue weighted by molar-refractivity contribution is 5.89. The Labute approximate surface area is 169 Å². The lowest BCUT2D eigenvalue weighted by Gasteiger charge is -2.19. The van der Waals surface area contributed by atoms with Crippen LogP contribution in [0.1, 0.15) is 58.1 Å². The van der Waals surface area contributed by atoms with Gasteiger partial charge in [0.2, 0.25) is 0 Å². The predicted molar refractivity (Wildman–Crippen MR) is 117 cm³/mol. The van der Waals surface area contributed by atoms with Gasteiger partial charge in [0.15, 0.2) is 0 Å². The number of benzene rings is 2. The van der Waals surface area contributed by atoms with Crippen LogP contribution in [-0.4, -0.2) is 19.2 Å². The standard InChI is InChI=1S/C24H34N2O2/c1-5-6-8-19-9-13-21(14-10-19)26-23(27)25-17-7-18-28-22-15-11-20(12-16-22)24(2,3)4/h9-16H,5-8,17-18H2,1-4H3,(H2,25,26,27). The van der Waals surface area contributed by atoms with E-state index >= 15 is 0 Å². The van der Waals surface area contributed by atoms with E-state index in [9.17, 15) is 4.79 Å². The molecule has 0 unspecified atom stereocenters. The molecule has 4 nitrogen and oxygen atoms in total. The number of carbonyl (C=O) groups is 1. The number of nitrogens with one attached hydrogen (secondary N) is 2. The van der Waals surface area contributed by atoms with Crippen LogP contribution in [0.4, 0.5) is 10.5 Å². The van der Waals surface area contributed by atoms with Gasteiger partial charge in [-0.05, 0) is 60.1 Å². The largest absolute Gasteiger partial charge is 0.494 e. The van der Waals surface area contributed by atoms with Crippen molar-refractivity contribution in [2.45, 2.75) is 58.8 Å². The minimum absolute atomic E-state index is 0.144. The molecule has 0 aliphatic rings. The van der Waals surface area contributed by atoms with Crippen LogP contribution in [0.3, 0.4) is 0 Å². The van der Waals surface area contributed by atoms with Crippen LogP contribution in [0.15, 0.2) is 48.5 Å². The first-order chi connectivity index (χ1) is 13.4. The summed E-state index contributed by atoms with van der Waals surface area (Å²) in [5.41, 5.74) is 3.55. The fraction of sp³-hybridized carbons (Fsp3) is 0.458. The van der Waals surface area contributed by atoms with Crippen molar-refractivity contribution in [3.63, 3.8) is 0 Å². The minimum atomic E-state index is -0.184. The average molecular weight is 383 g/mol. The molecule has 2 amide bonds. The fourth-order valence-electron chi connectivity index (χ4n) is 2.83. The Morgan fingerprint density at radius 2 is 1.64 bits per heavy atom. The molecule has 2 aromatic rings. The maximum atomic E-state index is 12.0. The van der Waals surface area contributed by atoms with Gasteiger partial charge < -0.3 is 15.4 Å². The van der Waals surface area contributed by atoms with Gasteiger partial charge in [-0.1, -0.05) is 58.4 Å². The van der Waals surface area contributed by atoms with E-state index in [1.54, 1.807) is 0 Å². The summed E-state index contributed by atoms with van der Waals surface area (Å²) in [5, 5.41) is 5.73. The Morgan fingerprint density at radius 1 is 0.964 bits per heavy atom. The summed E-state index contributed by atoms with van der Waals surface area (Å²) in [6, 6.07) is 16.1. The average Bonchev–Trinajstić information content (AvgIpc) is 2.67. The van der Waals surface area contributed by atoms with Gasteiger partial charge >= 0.3 is 6.03 Å². The van der Waals surface area contributed by atoms with Crippen molar-refractivity contribution in [1.82, 2.24) is 5.32 Å². The lowest BCUT2D eigenvalue weighted by Crippen LogP contribution is -2.30. The van der Waals surface area contributed by atoms with Crippen molar-refractivity contribution >= 4 is 11.7 Å². The zero-order valence-corrected chi connectivity index (χ0v) is 17.7. The highest BCUT2D eigenvalue weighted by Gasteiger charge is 2.12. The summed E-state index contributed by atoms with van der Waals surface area (Å²) >= 11 is 0. The summed E-state index contributed by atoms with van der Waals surface area (Å²) in [4.78, 5) is 12.0.